The van der Waals surface area contributed by atoms with E-state index < -0.39 is 5.97 Å². The minimum atomic E-state index is -0.995. The zero-order valence-corrected chi connectivity index (χ0v) is 12.4. The predicted octanol–water partition coefficient (Wildman–Crippen LogP) is 2.39. The maximum atomic E-state index is 11.5. The summed E-state index contributed by atoms with van der Waals surface area (Å²) in [6, 6.07) is 7.23. The number of amides is 1. The van der Waals surface area contributed by atoms with Crippen LogP contribution in [0.15, 0.2) is 24.3 Å². The smallest absolute Gasteiger partial charge is 0.341 e. The summed E-state index contributed by atoms with van der Waals surface area (Å²) in [6.07, 6.45) is 4.49. The number of carboxylic acids is 1. The molecule has 0 saturated heterocycles. The zero-order chi connectivity index (χ0) is 15.5. The fourth-order valence-electron chi connectivity index (χ4n) is 1.87. The number of rotatable bonds is 10. The van der Waals surface area contributed by atoms with Gasteiger partial charge < -0.3 is 15.2 Å². The largest absolute Gasteiger partial charge is 0.482 e. The van der Waals surface area contributed by atoms with Gasteiger partial charge in [-0.2, -0.15) is 0 Å². The number of carbonyl (C=O) groups is 2. The van der Waals surface area contributed by atoms with E-state index in [1.165, 1.54) is 0 Å². The summed E-state index contributed by atoms with van der Waals surface area (Å²) >= 11 is 0. The topological polar surface area (TPSA) is 75.6 Å². The van der Waals surface area contributed by atoms with E-state index in [-0.39, 0.29) is 12.5 Å². The van der Waals surface area contributed by atoms with E-state index in [1.807, 2.05) is 12.1 Å². The van der Waals surface area contributed by atoms with E-state index >= 15 is 0 Å². The second-order valence-electron chi connectivity index (χ2n) is 4.88. The van der Waals surface area contributed by atoms with Crippen LogP contribution in [0, 0.1) is 0 Å². The molecular weight excluding hydrogens is 270 g/mol. The molecule has 1 rings (SSSR count). The van der Waals surface area contributed by atoms with Crippen LogP contribution in [0.5, 0.6) is 5.75 Å². The van der Waals surface area contributed by atoms with Crippen LogP contribution in [-0.2, 0) is 16.0 Å². The molecule has 21 heavy (non-hydrogen) atoms. The Morgan fingerprint density at radius 3 is 2.52 bits per heavy atom. The van der Waals surface area contributed by atoms with Gasteiger partial charge in [0.25, 0.3) is 0 Å². The molecule has 0 unspecified atom stereocenters. The summed E-state index contributed by atoms with van der Waals surface area (Å²) in [4.78, 5) is 21.9. The van der Waals surface area contributed by atoms with Crippen LogP contribution in [-0.4, -0.2) is 30.1 Å². The van der Waals surface area contributed by atoms with Crippen molar-refractivity contribution < 1.29 is 19.4 Å². The van der Waals surface area contributed by atoms with Crippen molar-refractivity contribution in [2.75, 3.05) is 13.2 Å². The molecule has 0 aromatic heterocycles. The van der Waals surface area contributed by atoms with Gasteiger partial charge in [-0.15, -0.1) is 0 Å². The number of hydrogen-bond donors (Lipinski definition) is 2. The first-order valence-corrected chi connectivity index (χ1v) is 7.32. The van der Waals surface area contributed by atoms with E-state index in [1.54, 1.807) is 12.1 Å². The molecule has 0 atom stereocenters. The molecule has 5 nitrogen and oxygen atoms in total. The number of ether oxygens (including phenoxy) is 1. The van der Waals surface area contributed by atoms with E-state index in [9.17, 15) is 9.59 Å². The quantitative estimate of drug-likeness (QED) is 0.649. The van der Waals surface area contributed by atoms with Crippen LogP contribution in [0.2, 0.25) is 0 Å². The molecule has 0 fully saturated rings. The lowest BCUT2D eigenvalue weighted by Crippen LogP contribution is -2.25. The first-order chi connectivity index (χ1) is 10.1. The van der Waals surface area contributed by atoms with Gasteiger partial charge in [-0.05, 0) is 30.5 Å². The maximum Gasteiger partial charge on any atom is 0.341 e. The lowest BCUT2D eigenvalue weighted by molar-refractivity contribution is -0.139. The highest BCUT2D eigenvalue weighted by Crippen LogP contribution is 2.12. The summed E-state index contributed by atoms with van der Waals surface area (Å²) in [5.74, 6) is -0.362. The molecule has 0 spiro atoms. The normalized spacial score (nSPS) is 10.1. The fraction of sp³-hybridized carbons (Fsp3) is 0.500. The average molecular weight is 293 g/mol. The molecule has 0 aliphatic carbocycles. The molecule has 0 radical (unpaired) electrons. The van der Waals surface area contributed by atoms with Crippen LogP contribution in [0.3, 0.4) is 0 Å². The number of aliphatic carboxylic acids is 1. The summed E-state index contributed by atoms with van der Waals surface area (Å²) < 4.78 is 5.05. The Bertz CT molecular complexity index is 442. The highest BCUT2D eigenvalue weighted by atomic mass is 16.5. The number of unbranched alkanes of at least 4 members (excludes halogenated alkanes) is 2. The van der Waals surface area contributed by atoms with Crippen molar-refractivity contribution >= 4 is 11.9 Å². The van der Waals surface area contributed by atoms with Crippen LogP contribution in [0.25, 0.3) is 0 Å². The summed E-state index contributed by atoms with van der Waals surface area (Å²) in [5.41, 5.74) is 1.08. The van der Waals surface area contributed by atoms with Gasteiger partial charge in [0.15, 0.2) is 6.61 Å². The van der Waals surface area contributed by atoms with Gasteiger partial charge in [0.2, 0.25) is 5.91 Å². The van der Waals surface area contributed by atoms with Gasteiger partial charge in [-0.1, -0.05) is 31.9 Å². The second-order valence-corrected chi connectivity index (χ2v) is 4.88. The summed E-state index contributed by atoms with van der Waals surface area (Å²) in [5, 5.41) is 11.4. The predicted molar refractivity (Wildman–Crippen MR) is 80.4 cm³/mol. The fourth-order valence-corrected chi connectivity index (χ4v) is 1.87. The molecule has 0 aliphatic rings. The monoisotopic (exact) mass is 293 g/mol. The summed E-state index contributed by atoms with van der Waals surface area (Å²) in [6.45, 7) is 2.38. The van der Waals surface area contributed by atoms with Gasteiger partial charge in [0, 0.05) is 13.0 Å². The standard InChI is InChI=1S/C16H23NO4/c1-2-3-4-5-15(18)17-11-10-13-6-8-14(9-7-13)21-12-16(19)20/h6-9H,2-5,10-12H2,1H3,(H,17,18)(H,19,20). The van der Waals surface area contributed by atoms with E-state index in [0.29, 0.717) is 18.7 Å². The number of benzene rings is 1. The average Bonchev–Trinajstić information content (AvgIpc) is 2.46. The molecule has 1 aromatic carbocycles. The highest BCUT2D eigenvalue weighted by molar-refractivity contribution is 5.75. The first kappa shape index (κ1) is 17.0. The molecule has 0 heterocycles. The van der Waals surface area contributed by atoms with Crippen molar-refractivity contribution in [3.05, 3.63) is 29.8 Å². The number of carbonyl (C=O) groups excluding carboxylic acids is 1. The van der Waals surface area contributed by atoms with Gasteiger partial charge in [-0.3, -0.25) is 4.79 Å². The van der Waals surface area contributed by atoms with E-state index in [4.69, 9.17) is 9.84 Å². The third-order valence-electron chi connectivity index (χ3n) is 3.03. The van der Waals surface area contributed by atoms with Crippen molar-refractivity contribution in [1.29, 1.82) is 0 Å². The Morgan fingerprint density at radius 2 is 1.90 bits per heavy atom. The van der Waals surface area contributed by atoms with Crippen molar-refractivity contribution in [2.45, 2.75) is 39.0 Å². The second kappa shape index (κ2) is 9.80. The van der Waals surface area contributed by atoms with Crippen LogP contribution >= 0.6 is 0 Å². The van der Waals surface area contributed by atoms with Gasteiger partial charge in [0.05, 0.1) is 0 Å². The van der Waals surface area contributed by atoms with Crippen molar-refractivity contribution in [3.63, 3.8) is 0 Å². The Balaban J connectivity index is 2.23. The van der Waals surface area contributed by atoms with Crippen LogP contribution < -0.4 is 10.1 Å². The third kappa shape index (κ3) is 7.97. The number of nitrogens with one attached hydrogen (secondary N) is 1. The zero-order valence-electron chi connectivity index (χ0n) is 12.4. The highest BCUT2D eigenvalue weighted by Gasteiger charge is 2.02. The molecule has 0 aliphatic heterocycles. The Hall–Kier alpha value is -2.04. The molecule has 5 heteroatoms. The SMILES string of the molecule is CCCCCC(=O)NCCc1ccc(OCC(=O)O)cc1. The molecule has 2 N–H and O–H groups in total. The van der Waals surface area contributed by atoms with Crippen LogP contribution in [0.1, 0.15) is 38.2 Å². The number of hydrogen-bond acceptors (Lipinski definition) is 3. The third-order valence-corrected chi connectivity index (χ3v) is 3.03. The minimum Gasteiger partial charge on any atom is -0.482 e. The maximum absolute atomic E-state index is 11.5. The van der Waals surface area contributed by atoms with Crippen molar-refractivity contribution in [2.24, 2.45) is 0 Å². The van der Waals surface area contributed by atoms with Crippen LogP contribution in [0.4, 0.5) is 0 Å². The van der Waals surface area contributed by atoms with E-state index in [0.717, 1.165) is 31.2 Å². The Morgan fingerprint density at radius 1 is 1.19 bits per heavy atom. The van der Waals surface area contributed by atoms with Gasteiger partial charge in [0.1, 0.15) is 5.75 Å². The van der Waals surface area contributed by atoms with Gasteiger partial charge >= 0.3 is 5.97 Å². The number of carboxylic acid groups (broad SMARTS) is 1. The van der Waals surface area contributed by atoms with Gasteiger partial charge in [-0.25, -0.2) is 4.79 Å². The van der Waals surface area contributed by atoms with Crippen molar-refractivity contribution in [3.8, 4) is 5.75 Å². The lowest BCUT2D eigenvalue weighted by Gasteiger charge is -2.07. The molecule has 0 bridgehead atoms. The molecule has 1 aromatic rings. The lowest BCUT2D eigenvalue weighted by atomic mass is 10.1. The Kier molecular flexibility index (Phi) is 7.94. The van der Waals surface area contributed by atoms with Crippen molar-refractivity contribution in [1.82, 2.24) is 5.32 Å². The van der Waals surface area contributed by atoms with E-state index in [2.05, 4.69) is 12.2 Å². The molecular formula is C16H23NO4. The summed E-state index contributed by atoms with van der Waals surface area (Å²) in [7, 11) is 0. The molecule has 116 valence electrons. The minimum absolute atomic E-state index is 0.102. The molecule has 0 saturated carbocycles. The Labute approximate surface area is 125 Å². The molecule has 1 amide bonds. The first-order valence-electron chi connectivity index (χ1n) is 7.32.